The second-order valence-electron chi connectivity index (χ2n) is 7.74. The van der Waals surface area contributed by atoms with Crippen molar-refractivity contribution in [1.29, 1.82) is 0 Å². The number of alkyl halides is 3. The monoisotopic (exact) mass is 478 g/mol. The standard InChI is InChI=1S/C26H17F7O/c1-2-3-14-4-7-19-15(10-14)6-9-20(24(19)30)16-5-8-18(21(27)11-16)17-12-22(28)25(23(29)13-17)34-26(31,32)33/h4-13H,2-3H2,1H3. The lowest BCUT2D eigenvalue weighted by Crippen LogP contribution is -2.19. The van der Waals surface area contributed by atoms with Gasteiger partial charge in [-0.1, -0.05) is 55.8 Å². The Balaban J connectivity index is 1.71. The van der Waals surface area contributed by atoms with Crippen LogP contribution in [0.5, 0.6) is 5.75 Å². The minimum atomic E-state index is -5.29. The summed E-state index contributed by atoms with van der Waals surface area (Å²) >= 11 is 0. The van der Waals surface area contributed by atoms with E-state index in [1.165, 1.54) is 18.2 Å². The molecule has 0 bridgehead atoms. The number of benzene rings is 4. The first kappa shape index (κ1) is 23.6. The molecule has 0 fully saturated rings. The third kappa shape index (κ3) is 4.71. The number of ether oxygens (including phenoxy) is 1. The number of fused-ring (bicyclic) bond motifs is 1. The zero-order valence-electron chi connectivity index (χ0n) is 17.7. The lowest BCUT2D eigenvalue weighted by atomic mass is 9.96. The Kier molecular flexibility index (Phi) is 6.25. The van der Waals surface area contributed by atoms with E-state index < -0.39 is 35.4 Å². The molecule has 0 aliphatic rings. The van der Waals surface area contributed by atoms with Crippen LogP contribution in [-0.2, 0) is 6.42 Å². The summed E-state index contributed by atoms with van der Waals surface area (Å²) in [5.74, 6) is -6.39. The predicted octanol–water partition coefficient (Wildman–Crippen LogP) is 8.58. The number of rotatable bonds is 5. The van der Waals surface area contributed by atoms with Gasteiger partial charge in [-0.05, 0) is 46.7 Å². The number of hydrogen-bond acceptors (Lipinski definition) is 1. The Morgan fingerprint density at radius 1 is 0.706 bits per heavy atom. The van der Waals surface area contributed by atoms with Crippen LogP contribution < -0.4 is 4.74 Å². The fourth-order valence-corrected chi connectivity index (χ4v) is 3.85. The van der Waals surface area contributed by atoms with Crippen molar-refractivity contribution >= 4 is 10.8 Å². The normalized spacial score (nSPS) is 11.8. The summed E-state index contributed by atoms with van der Waals surface area (Å²) in [5, 5.41) is 1.07. The van der Waals surface area contributed by atoms with Crippen molar-refractivity contribution in [2.75, 3.05) is 0 Å². The van der Waals surface area contributed by atoms with Crippen LogP contribution >= 0.6 is 0 Å². The van der Waals surface area contributed by atoms with E-state index in [1.807, 2.05) is 19.1 Å². The van der Waals surface area contributed by atoms with Crippen molar-refractivity contribution in [2.45, 2.75) is 26.1 Å². The minimum absolute atomic E-state index is 0.132. The lowest BCUT2D eigenvalue weighted by Gasteiger charge is -2.13. The van der Waals surface area contributed by atoms with E-state index in [0.717, 1.165) is 24.5 Å². The maximum Gasteiger partial charge on any atom is 0.573 e. The highest BCUT2D eigenvalue weighted by atomic mass is 19.4. The molecule has 0 aromatic heterocycles. The van der Waals surface area contributed by atoms with E-state index in [9.17, 15) is 26.3 Å². The molecule has 0 amide bonds. The first-order valence-electron chi connectivity index (χ1n) is 10.3. The third-order valence-electron chi connectivity index (χ3n) is 5.36. The Hall–Kier alpha value is -3.55. The molecule has 0 saturated carbocycles. The Morgan fingerprint density at radius 3 is 1.97 bits per heavy atom. The molecule has 34 heavy (non-hydrogen) atoms. The van der Waals surface area contributed by atoms with E-state index >= 15 is 4.39 Å². The first-order chi connectivity index (χ1) is 16.1. The molecular formula is C26H17F7O. The smallest absolute Gasteiger partial charge is 0.399 e. The molecule has 0 atom stereocenters. The van der Waals surface area contributed by atoms with Crippen LogP contribution in [0.1, 0.15) is 18.9 Å². The van der Waals surface area contributed by atoms with Crippen LogP contribution in [0.25, 0.3) is 33.0 Å². The summed E-state index contributed by atoms with van der Waals surface area (Å²) in [7, 11) is 0. The topological polar surface area (TPSA) is 9.23 Å². The molecule has 4 aromatic carbocycles. The van der Waals surface area contributed by atoms with Crippen LogP contribution in [0.3, 0.4) is 0 Å². The van der Waals surface area contributed by atoms with E-state index in [1.54, 1.807) is 12.1 Å². The summed E-state index contributed by atoms with van der Waals surface area (Å²) in [4.78, 5) is 0. The lowest BCUT2D eigenvalue weighted by molar-refractivity contribution is -0.276. The Bertz CT molecular complexity index is 1350. The molecule has 0 radical (unpaired) electrons. The van der Waals surface area contributed by atoms with Crippen LogP contribution in [-0.4, -0.2) is 6.36 Å². The number of hydrogen-bond donors (Lipinski definition) is 0. The maximum absolute atomic E-state index is 15.2. The maximum atomic E-state index is 15.2. The molecule has 0 aliphatic carbocycles. The van der Waals surface area contributed by atoms with E-state index in [2.05, 4.69) is 4.74 Å². The van der Waals surface area contributed by atoms with Crippen LogP contribution in [0.4, 0.5) is 30.7 Å². The van der Waals surface area contributed by atoms with Gasteiger partial charge in [-0.2, -0.15) is 0 Å². The molecule has 0 saturated heterocycles. The number of halogens is 7. The van der Waals surface area contributed by atoms with Crippen molar-refractivity contribution < 1.29 is 35.5 Å². The van der Waals surface area contributed by atoms with Crippen molar-refractivity contribution in [3.05, 3.63) is 89.5 Å². The van der Waals surface area contributed by atoms with Crippen LogP contribution in [0.2, 0.25) is 0 Å². The fourth-order valence-electron chi connectivity index (χ4n) is 3.85. The van der Waals surface area contributed by atoms with Crippen LogP contribution in [0, 0.1) is 23.3 Å². The second-order valence-corrected chi connectivity index (χ2v) is 7.74. The molecule has 8 heteroatoms. The highest BCUT2D eigenvalue weighted by molar-refractivity contribution is 5.89. The molecule has 4 rings (SSSR count). The van der Waals surface area contributed by atoms with Gasteiger partial charge in [0.25, 0.3) is 0 Å². The van der Waals surface area contributed by atoms with Crippen molar-refractivity contribution in [3.63, 3.8) is 0 Å². The Labute approximate surface area is 190 Å². The van der Waals surface area contributed by atoms with Gasteiger partial charge < -0.3 is 4.74 Å². The minimum Gasteiger partial charge on any atom is -0.399 e. The Morgan fingerprint density at radius 2 is 1.35 bits per heavy atom. The van der Waals surface area contributed by atoms with Crippen molar-refractivity contribution in [2.24, 2.45) is 0 Å². The van der Waals surface area contributed by atoms with Crippen molar-refractivity contribution in [3.8, 4) is 28.0 Å². The van der Waals surface area contributed by atoms with Gasteiger partial charge in [-0.25, -0.2) is 17.6 Å². The summed E-state index contributed by atoms with van der Waals surface area (Å²) in [6.45, 7) is 2.04. The SMILES string of the molecule is CCCc1ccc2c(F)c(-c3ccc(-c4cc(F)c(OC(F)(F)F)c(F)c4)c(F)c3)ccc2c1. The van der Waals surface area contributed by atoms with Gasteiger partial charge in [-0.3, -0.25) is 0 Å². The summed E-state index contributed by atoms with van der Waals surface area (Å²) < 4.78 is 98.5. The fraction of sp³-hybridized carbons (Fsp3) is 0.154. The highest BCUT2D eigenvalue weighted by Crippen LogP contribution is 2.36. The highest BCUT2D eigenvalue weighted by Gasteiger charge is 2.34. The van der Waals surface area contributed by atoms with Crippen LogP contribution in [0.15, 0.2) is 60.7 Å². The van der Waals surface area contributed by atoms with Gasteiger partial charge in [0.05, 0.1) is 0 Å². The summed E-state index contributed by atoms with van der Waals surface area (Å²) in [6, 6.07) is 13.2. The molecule has 4 aromatic rings. The molecule has 0 unspecified atom stereocenters. The molecule has 0 aliphatic heterocycles. The third-order valence-corrected chi connectivity index (χ3v) is 5.36. The largest absolute Gasteiger partial charge is 0.573 e. The van der Waals surface area contributed by atoms with Gasteiger partial charge in [0.2, 0.25) is 5.75 Å². The summed E-state index contributed by atoms with van der Waals surface area (Å²) in [6.07, 6.45) is -3.49. The van der Waals surface area contributed by atoms with Gasteiger partial charge in [0, 0.05) is 16.5 Å². The first-order valence-corrected chi connectivity index (χ1v) is 10.3. The van der Waals surface area contributed by atoms with Gasteiger partial charge in [0.1, 0.15) is 11.6 Å². The molecule has 176 valence electrons. The summed E-state index contributed by atoms with van der Waals surface area (Å²) in [5.41, 5.74) is 0.786. The quantitative estimate of drug-likeness (QED) is 0.261. The van der Waals surface area contributed by atoms with Gasteiger partial charge in [0.15, 0.2) is 11.6 Å². The molecule has 1 nitrogen and oxygen atoms in total. The van der Waals surface area contributed by atoms with Gasteiger partial charge in [-0.15, -0.1) is 13.2 Å². The average molecular weight is 478 g/mol. The zero-order valence-corrected chi connectivity index (χ0v) is 17.7. The van der Waals surface area contributed by atoms with E-state index in [4.69, 9.17) is 0 Å². The van der Waals surface area contributed by atoms with E-state index in [-0.39, 0.29) is 22.3 Å². The zero-order chi connectivity index (χ0) is 24.6. The molecule has 0 N–H and O–H groups in total. The van der Waals surface area contributed by atoms with Crippen molar-refractivity contribution in [1.82, 2.24) is 0 Å². The van der Waals surface area contributed by atoms with E-state index in [0.29, 0.717) is 22.9 Å². The molecular weight excluding hydrogens is 461 g/mol. The van der Waals surface area contributed by atoms with Gasteiger partial charge >= 0.3 is 6.36 Å². The molecule has 0 heterocycles. The predicted molar refractivity (Wildman–Crippen MR) is 115 cm³/mol. The number of aryl methyl sites for hydroxylation is 1. The average Bonchev–Trinajstić information content (AvgIpc) is 2.76. The molecule has 0 spiro atoms. The second kappa shape index (κ2) is 9.00.